The normalized spacial score (nSPS) is 15.6. The Morgan fingerprint density at radius 1 is 1.29 bits per heavy atom. The molecule has 0 saturated carbocycles. The molecule has 6 nitrogen and oxygen atoms in total. The molecule has 0 bridgehead atoms. The number of fused-ring (bicyclic) bond motifs is 1. The molecule has 1 aliphatic heterocycles. The number of aromatic nitrogens is 2. The second kappa shape index (κ2) is 9.36. The van der Waals surface area contributed by atoms with Gasteiger partial charge in [0.1, 0.15) is 17.0 Å². The van der Waals surface area contributed by atoms with Gasteiger partial charge in [-0.15, -0.1) is 36.2 Å². The largest absolute Gasteiger partial charge is 0.352 e. The van der Waals surface area contributed by atoms with Crippen LogP contribution in [0.25, 0.3) is 10.2 Å². The second-order valence-corrected chi connectivity index (χ2v) is 6.50. The Morgan fingerprint density at radius 2 is 2.00 bits per heavy atom. The number of amides is 1. The summed E-state index contributed by atoms with van der Waals surface area (Å²) in [6.45, 7) is 5.84. The number of hydrogen-bond acceptors (Lipinski definition) is 6. The van der Waals surface area contributed by atoms with Crippen molar-refractivity contribution in [2.45, 2.75) is 6.92 Å². The third kappa shape index (κ3) is 4.27. The van der Waals surface area contributed by atoms with Crippen LogP contribution in [0.5, 0.6) is 0 Å². The first kappa shape index (κ1) is 20.9. The van der Waals surface area contributed by atoms with E-state index in [1.165, 1.54) is 0 Å². The summed E-state index contributed by atoms with van der Waals surface area (Å²) < 4.78 is 0. The lowest BCUT2D eigenvalue weighted by Gasteiger charge is -2.36. The highest BCUT2D eigenvalue weighted by Gasteiger charge is 2.25. The van der Waals surface area contributed by atoms with Crippen molar-refractivity contribution in [3.05, 3.63) is 17.8 Å². The zero-order chi connectivity index (χ0) is 15.5. The monoisotopic (exact) mass is 391 g/mol. The highest BCUT2D eigenvalue weighted by Crippen LogP contribution is 2.27. The van der Waals surface area contributed by atoms with Gasteiger partial charge in [-0.25, -0.2) is 9.97 Å². The molecule has 3 heterocycles. The van der Waals surface area contributed by atoms with Gasteiger partial charge in [-0.1, -0.05) is 6.92 Å². The maximum absolute atomic E-state index is 12.3. The van der Waals surface area contributed by atoms with Gasteiger partial charge in [-0.2, -0.15) is 0 Å². The van der Waals surface area contributed by atoms with E-state index in [9.17, 15) is 4.79 Å². The first-order valence-electron chi connectivity index (χ1n) is 7.57. The Kier molecular flexibility index (Phi) is 8.15. The van der Waals surface area contributed by atoms with Gasteiger partial charge in [-0.3, -0.25) is 4.79 Å². The third-order valence-corrected chi connectivity index (χ3v) is 4.88. The standard InChI is InChI=1S/C15H21N5OS.2ClH/c1-11(9-16-2)15(21)20-6-4-19(5-7-20)13-12-3-8-22-14(12)18-10-17-13;;/h3,8,10-11,16H,4-7,9H2,1-2H3;2*1H. The number of nitrogens with zero attached hydrogens (tertiary/aromatic N) is 4. The van der Waals surface area contributed by atoms with Crippen molar-refractivity contribution in [1.29, 1.82) is 0 Å². The fourth-order valence-electron chi connectivity index (χ4n) is 2.87. The average Bonchev–Trinajstić information content (AvgIpc) is 3.03. The number of hydrogen-bond donors (Lipinski definition) is 1. The first-order valence-corrected chi connectivity index (χ1v) is 8.45. The van der Waals surface area contributed by atoms with E-state index in [0.717, 1.165) is 48.8 Å². The van der Waals surface area contributed by atoms with E-state index < -0.39 is 0 Å². The van der Waals surface area contributed by atoms with Crippen molar-refractivity contribution in [3.8, 4) is 0 Å². The van der Waals surface area contributed by atoms with Crippen LogP contribution in [0.1, 0.15) is 6.92 Å². The Labute approximate surface area is 158 Å². The number of carbonyl (C=O) groups is 1. The van der Waals surface area contributed by atoms with Crippen LogP contribution in [0, 0.1) is 5.92 Å². The number of halogens is 2. The summed E-state index contributed by atoms with van der Waals surface area (Å²) in [4.78, 5) is 26.3. The zero-order valence-corrected chi connectivity index (χ0v) is 16.2. The van der Waals surface area contributed by atoms with E-state index in [-0.39, 0.29) is 36.6 Å². The van der Waals surface area contributed by atoms with Gasteiger partial charge >= 0.3 is 0 Å². The predicted octanol–water partition coefficient (Wildman–Crippen LogP) is 2.04. The summed E-state index contributed by atoms with van der Waals surface area (Å²) in [5.41, 5.74) is 0. The second-order valence-electron chi connectivity index (χ2n) is 5.61. The van der Waals surface area contributed by atoms with Crippen molar-refractivity contribution in [2.75, 3.05) is 44.7 Å². The van der Waals surface area contributed by atoms with Crippen LogP contribution in [-0.2, 0) is 4.79 Å². The van der Waals surface area contributed by atoms with Crippen molar-refractivity contribution < 1.29 is 4.79 Å². The Balaban J connectivity index is 0.00000144. The molecule has 1 N–H and O–H groups in total. The molecule has 1 saturated heterocycles. The van der Waals surface area contributed by atoms with Crippen LogP contribution in [0.15, 0.2) is 17.8 Å². The van der Waals surface area contributed by atoms with E-state index in [4.69, 9.17) is 0 Å². The minimum absolute atomic E-state index is 0. The Morgan fingerprint density at radius 3 is 2.67 bits per heavy atom. The van der Waals surface area contributed by atoms with E-state index in [2.05, 4.69) is 26.3 Å². The molecule has 1 atom stereocenters. The number of piperazine rings is 1. The van der Waals surface area contributed by atoms with Crippen LogP contribution >= 0.6 is 36.2 Å². The quantitative estimate of drug-likeness (QED) is 0.863. The molecule has 0 spiro atoms. The lowest BCUT2D eigenvalue weighted by Crippen LogP contribution is -2.51. The number of nitrogens with one attached hydrogen (secondary N) is 1. The lowest BCUT2D eigenvalue weighted by atomic mass is 10.1. The number of thiophene rings is 1. The fraction of sp³-hybridized carbons (Fsp3) is 0.533. The minimum Gasteiger partial charge on any atom is -0.352 e. The molecule has 3 rings (SSSR count). The molecule has 2 aromatic rings. The predicted molar refractivity (Wildman–Crippen MR) is 104 cm³/mol. The van der Waals surface area contributed by atoms with Gasteiger partial charge < -0.3 is 15.1 Å². The fourth-order valence-corrected chi connectivity index (χ4v) is 3.60. The van der Waals surface area contributed by atoms with Gasteiger partial charge in [-0.05, 0) is 18.5 Å². The van der Waals surface area contributed by atoms with E-state index >= 15 is 0 Å². The highest BCUT2D eigenvalue weighted by atomic mass is 35.5. The number of rotatable bonds is 4. The van der Waals surface area contributed by atoms with Gasteiger partial charge in [0.05, 0.1) is 5.39 Å². The Bertz CT molecular complexity index is 660. The van der Waals surface area contributed by atoms with Crippen molar-refractivity contribution >= 4 is 58.1 Å². The lowest BCUT2D eigenvalue weighted by molar-refractivity contribution is -0.135. The highest BCUT2D eigenvalue weighted by molar-refractivity contribution is 7.16. The molecule has 0 aromatic carbocycles. The van der Waals surface area contributed by atoms with Crippen molar-refractivity contribution in [3.63, 3.8) is 0 Å². The summed E-state index contributed by atoms with van der Waals surface area (Å²) in [7, 11) is 1.88. The van der Waals surface area contributed by atoms with Gasteiger partial charge in [0.2, 0.25) is 5.91 Å². The van der Waals surface area contributed by atoms with Gasteiger partial charge in [0, 0.05) is 38.6 Å². The molecule has 0 radical (unpaired) electrons. The molecular formula is C15H23Cl2N5OS. The molecule has 1 aliphatic rings. The zero-order valence-electron chi connectivity index (χ0n) is 13.8. The third-order valence-electron chi connectivity index (χ3n) is 4.06. The molecule has 1 fully saturated rings. The molecule has 24 heavy (non-hydrogen) atoms. The van der Waals surface area contributed by atoms with Crippen LogP contribution in [0.2, 0.25) is 0 Å². The van der Waals surface area contributed by atoms with Crippen molar-refractivity contribution in [2.24, 2.45) is 5.92 Å². The van der Waals surface area contributed by atoms with E-state index in [1.807, 2.05) is 24.3 Å². The summed E-state index contributed by atoms with van der Waals surface area (Å²) >= 11 is 1.63. The molecule has 2 aromatic heterocycles. The minimum atomic E-state index is 0. The first-order chi connectivity index (χ1) is 10.7. The van der Waals surface area contributed by atoms with Crippen molar-refractivity contribution in [1.82, 2.24) is 20.2 Å². The molecule has 1 unspecified atom stereocenters. The molecule has 9 heteroatoms. The number of anilines is 1. The molecule has 1 amide bonds. The maximum Gasteiger partial charge on any atom is 0.226 e. The molecule has 134 valence electrons. The SMILES string of the molecule is CNCC(C)C(=O)N1CCN(c2ncnc3sccc23)CC1.Cl.Cl. The molecular weight excluding hydrogens is 369 g/mol. The smallest absolute Gasteiger partial charge is 0.226 e. The number of carbonyl (C=O) groups excluding carboxylic acids is 1. The summed E-state index contributed by atoms with van der Waals surface area (Å²) in [5, 5.41) is 6.22. The summed E-state index contributed by atoms with van der Waals surface area (Å²) in [6, 6.07) is 2.07. The van der Waals surface area contributed by atoms with E-state index in [1.54, 1.807) is 17.7 Å². The summed E-state index contributed by atoms with van der Waals surface area (Å²) in [5.74, 6) is 1.25. The van der Waals surface area contributed by atoms with Crippen LogP contribution < -0.4 is 10.2 Å². The summed E-state index contributed by atoms with van der Waals surface area (Å²) in [6.07, 6.45) is 1.63. The molecule has 0 aliphatic carbocycles. The van der Waals surface area contributed by atoms with Crippen LogP contribution in [-0.4, -0.2) is 60.5 Å². The average molecular weight is 392 g/mol. The topological polar surface area (TPSA) is 61.4 Å². The van der Waals surface area contributed by atoms with E-state index in [0.29, 0.717) is 0 Å². The van der Waals surface area contributed by atoms with Gasteiger partial charge in [0.25, 0.3) is 0 Å². The van der Waals surface area contributed by atoms with Crippen LogP contribution in [0.3, 0.4) is 0 Å². The van der Waals surface area contributed by atoms with Crippen LogP contribution in [0.4, 0.5) is 5.82 Å². The maximum atomic E-state index is 12.3. The Hall–Kier alpha value is -1.15. The van der Waals surface area contributed by atoms with Gasteiger partial charge in [0.15, 0.2) is 0 Å².